The number of para-hydroxylation sites is 1. The Labute approximate surface area is 141 Å². The minimum Gasteiger partial charge on any atom is -0.434 e. The highest BCUT2D eigenvalue weighted by Crippen LogP contribution is 2.37. The summed E-state index contributed by atoms with van der Waals surface area (Å²) in [6.07, 6.45) is -1.06. The van der Waals surface area contributed by atoms with E-state index in [0.717, 1.165) is 6.08 Å². The van der Waals surface area contributed by atoms with Crippen LogP contribution < -0.4 is 10.1 Å². The summed E-state index contributed by atoms with van der Waals surface area (Å²) in [5, 5.41) is 2.54. The van der Waals surface area contributed by atoms with Gasteiger partial charge in [-0.2, -0.15) is 22.0 Å². The van der Waals surface area contributed by atoms with Crippen LogP contribution in [0.3, 0.4) is 0 Å². The molecule has 0 aromatic heterocycles. The second kappa shape index (κ2) is 8.31. The Balaban J connectivity index is 1.95. The zero-order valence-corrected chi connectivity index (χ0v) is 13.2. The molecule has 1 fully saturated rings. The smallest absolute Gasteiger partial charge is 0.391 e. The summed E-state index contributed by atoms with van der Waals surface area (Å²) < 4.78 is 67.3. The summed E-state index contributed by atoms with van der Waals surface area (Å²) in [5.41, 5.74) is 0.273. The van der Waals surface area contributed by atoms with E-state index >= 15 is 0 Å². The molecule has 1 aromatic rings. The lowest BCUT2D eigenvalue weighted by atomic mass is 9.85. The lowest BCUT2D eigenvalue weighted by Gasteiger charge is -2.30. The third-order valence-corrected chi connectivity index (χ3v) is 4.03. The van der Waals surface area contributed by atoms with Crippen LogP contribution >= 0.6 is 0 Å². The monoisotopic (exact) mass is 363 g/mol. The number of carbonyl (C=O) groups excluding carboxylic acids is 1. The molecule has 2 rings (SSSR count). The molecular weight excluding hydrogens is 345 g/mol. The first-order chi connectivity index (χ1) is 11.8. The Kier molecular flexibility index (Phi) is 6.39. The van der Waals surface area contributed by atoms with Gasteiger partial charge in [0.1, 0.15) is 5.75 Å². The van der Waals surface area contributed by atoms with Crippen LogP contribution in [0, 0.1) is 5.92 Å². The number of rotatable bonds is 5. The van der Waals surface area contributed by atoms with Crippen molar-refractivity contribution in [2.75, 3.05) is 0 Å². The Morgan fingerprint density at radius 2 is 1.96 bits per heavy atom. The summed E-state index contributed by atoms with van der Waals surface area (Å²) in [6.45, 7) is -3.00. The maximum atomic E-state index is 12.8. The first-order valence-electron chi connectivity index (χ1n) is 7.85. The van der Waals surface area contributed by atoms with Crippen molar-refractivity contribution in [3.63, 3.8) is 0 Å². The van der Waals surface area contributed by atoms with Crippen molar-refractivity contribution in [3.05, 3.63) is 35.9 Å². The number of ether oxygens (including phenoxy) is 1. The minimum atomic E-state index is -4.26. The molecule has 0 aliphatic heterocycles. The van der Waals surface area contributed by atoms with E-state index in [9.17, 15) is 26.7 Å². The van der Waals surface area contributed by atoms with Gasteiger partial charge in [-0.3, -0.25) is 4.79 Å². The van der Waals surface area contributed by atoms with Crippen LogP contribution in [0.5, 0.6) is 5.75 Å². The van der Waals surface area contributed by atoms with Crippen LogP contribution in [-0.4, -0.2) is 24.7 Å². The third-order valence-electron chi connectivity index (χ3n) is 4.03. The number of nitrogens with one attached hydrogen (secondary N) is 1. The molecule has 1 aliphatic rings. The van der Waals surface area contributed by atoms with Crippen LogP contribution in [0.2, 0.25) is 0 Å². The standard InChI is InChI=1S/C17H18F5NO2/c18-16(19)25-14-7-2-1-4-11(14)8-9-15(24)23-13-6-3-5-12(10-13)17(20,21)22/h1-2,4,7-9,12-13,16H,3,5-6,10H2,(H,23,24)/b9-8+. The Morgan fingerprint density at radius 3 is 2.64 bits per heavy atom. The van der Waals surface area contributed by atoms with Crippen molar-refractivity contribution >= 4 is 12.0 Å². The van der Waals surface area contributed by atoms with Gasteiger partial charge in [0.15, 0.2) is 0 Å². The highest BCUT2D eigenvalue weighted by Gasteiger charge is 2.42. The average Bonchev–Trinajstić information content (AvgIpc) is 2.53. The largest absolute Gasteiger partial charge is 0.434 e. The van der Waals surface area contributed by atoms with Gasteiger partial charge in [0.2, 0.25) is 5.91 Å². The minimum absolute atomic E-state index is 0.0735. The molecule has 0 saturated heterocycles. The van der Waals surface area contributed by atoms with E-state index in [2.05, 4.69) is 10.1 Å². The van der Waals surface area contributed by atoms with E-state index < -0.39 is 30.7 Å². The molecule has 3 nitrogen and oxygen atoms in total. The highest BCUT2D eigenvalue weighted by atomic mass is 19.4. The molecule has 1 amide bonds. The molecule has 25 heavy (non-hydrogen) atoms. The summed E-state index contributed by atoms with van der Waals surface area (Å²) in [7, 11) is 0. The zero-order chi connectivity index (χ0) is 18.4. The van der Waals surface area contributed by atoms with Gasteiger partial charge in [-0.15, -0.1) is 0 Å². The van der Waals surface area contributed by atoms with Gasteiger partial charge in [0.25, 0.3) is 0 Å². The molecule has 1 aromatic carbocycles. The van der Waals surface area contributed by atoms with Gasteiger partial charge in [0, 0.05) is 17.7 Å². The number of amides is 1. The first kappa shape index (κ1) is 19.2. The molecule has 0 heterocycles. The maximum absolute atomic E-state index is 12.8. The van der Waals surface area contributed by atoms with E-state index in [1.54, 1.807) is 6.07 Å². The van der Waals surface area contributed by atoms with Crippen LogP contribution in [0.15, 0.2) is 30.3 Å². The number of carbonyl (C=O) groups is 1. The molecule has 0 spiro atoms. The van der Waals surface area contributed by atoms with Gasteiger partial charge in [-0.1, -0.05) is 24.6 Å². The molecule has 0 bridgehead atoms. The lowest BCUT2D eigenvalue weighted by molar-refractivity contribution is -0.184. The van der Waals surface area contributed by atoms with E-state index in [-0.39, 0.29) is 24.2 Å². The molecule has 1 N–H and O–H groups in total. The molecular formula is C17H18F5NO2. The summed E-state index contributed by atoms with van der Waals surface area (Å²) >= 11 is 0. The Bertz CT molecular complexity index is 615. The maximum Gasteiger partial charge on any atom is 0.391 e. The summed E-state index contributed by atoms with van der Waals surface area (Å²) in [5.74, 6) is -2.06. The average molecular weight is 363 g/mol. The van der Waals surface area contributed by atoms with E-state index in [1.807, 2.05) is 0 Å². The quantitative estimate of drug-likeness (QED) is 0.616. The SMILES string of the molecule is O=C(/C=C/c1ccccc1OC(F)F)NC1CCCC(C(F)(F)F)C1. The topological polar surface area (TPSA) is 38.3 Å². The number of halogens is 5. The van der Waals surface area contributed by atoms with Crippen LogP contribution in [0.4, 0.5) is 22.0 Å². The van der Waals surface area contributed by atoms with Gasteiger partial charge in [-0.05, 0) is 31.4 Å². The van der Waals surface area contributed by atoms with E-state index in [0.29, 0.717) is 12.8 Å². The van der Waals surface area contributed by atoms with Crippen LogP contribution in [-0.2, 0) is 4.79 Å². The molecule has 1 saturated carbocycles. The molecule has 138 valence electrons. The van der Waals surface area contributed by atoms with Gasteiger partial charge >= 0.3 is 12.8 Å². The zero-order valence-electron chi connectivity index (χ0n) is 13.2. The van der Waals surface area contributed by atoms with Gasteiger partial charge in [-0.25, -0.2) is 0 Å². The van der Waals surface area contributed by atoms with Crippen molar-refractivity contribution < 1.29 is 31.5 Å². The molecule has 0 radical (unpaired) electrons. The van der Waals surface area contributed by atoms with E-state index in [4.69, 9.17) is 0 Å². The fourth-order valence-electron chi connectivity index (χ4n) is 2.85. The predicted molar refractivity (Wildman–Crippen MR) is 82.1 cm³/mol. The van der Waals surface area contributed by atoms with Crippen LogP contribution in [0.1, 0.15) is 31.2 Å². The molecule has 2 atom stereocenters. The van der Waals surface area contributed by atoms with Crippen LogP contribution in [0.25, 0.3) is 6.08 Å². The van der Waals surface area contributed by atoms with Crippen molar-refractivity contribution in [2.24, 2.45) is 5.92 Å². The second-order valence-corrected chi connectivity index (χ2v) is 5.86. The molecule has 2 unspecified atom stereocenters. The number of benzene rings is 1. The fraction of sp³-hybridized carbons (Fsp3) is 0.471. The summed E-state index contributed by atoms with van der Waals surface area (Å²) in [6, 6.07) is 5.37. The first-order valence-corrected chi connectivity index (χ1v) is 7.85. The number of hydrogen-bond acceptors (Lipinski definition) is 2. The molecule has 8 heteroatoms. The number of hydrogen-bond donors (Lipinski definition) is 1. The van der Waals surface area contributed by atoms with Crippen molar-refractivity contribution in [1.82, 2.24) is 5.32 Å². The van der Waals surface area contributed by atoms with Gasteiger partial charge < -0.3 is 10.1 Å². The number of alkyl halides is 5. The van der Waals surface area contributed by atoms with Gasteiger partial charge in [0.05, 0.1) is 5.92 Å². The van der Waals surface area contributed by atoms with E-state index in [1.165, 1.54) is 24.3 Å². The second-order valence-electron chi connectivity index (χ2n) is 5.86. The lowest BCUT2D eigenvalue weighted by Crippen LogP contribution is -2.41. The normalized spacial score (nSPS) is 21.5. The summed E-state index contributed by atoms with van der Waals surface area (Å²) in [4.78, 5) is 11.9. The predicted octanol–water partition coefficient (Wildman–Crippen LogP) is 4.54. The Morgan fingerprint density at radius 1 is 1.24 bits per heavy atom. The highest BCUT2D eigenvalue weighted by molar-refractivity contribution is 5.92. The van der Waals surface area contributed by atoms with Crippen molar-refractivity contribution in [1.29, 1.82) is 0 Å². The third kappa shape index (κ3) is 6.03. The fourth-order valence-corrected chi connectivity index (χ4v) is 2.85. The molecule has 1 aliphatic carbocycles. The Hall–Kier alpha value is -2.12. The van der Waals surface area contributed by atoms with Crippen molar-refractivity contribution in [2.45, 2.75) is 44.5 Å². The van der Waals surface area contributed by atoms with Crippen molar-refractivity contribution in [3.8, 4) is 5.75 Å².